The van der Waals surface area contributed by atoms with E-state index in [-0.39, 0.29) is 11.8 Å². The van der Waals surface area contributed by atoms with Crippen LogP contribution < -0.4 is 0 Å². The van der Waals surface area contributed by atoms with Gasteiger partial charge < -0.3 is 5.11 Å². The molecule has 1 aromatic rings. The molecule has 0 aliphatic heterocycles. The second kappa shape index (κ2) is 4.51. The number of fused-ring (bicyclic) bond motifs is 1. The highest BCUT2D eigenvalue weighted by Gasteiger charge is 2.37. The van der Waals surface area contributed by atoms with Gasteiger partial charge in [0.2, 0.25) is 0 Å². The third-order valence-corrected chi connectivity index (χ3v) is 4.37. The Labute approximate surface area is 111 Å². The van der Waals surface area contributed by atoms with Gasteiger partial charge in [0.1, 0.15) is 0 Å². The van der Waals surface area contributed by atoms with E-state index in [9.17, 15) is 4.79 Å². The number of carbonyl (C=O) groups is 1. The lowest BCUT2D eigenvalue weighted by Gasteiger charge is -2.25. The monoisotopic (exact) mass is 272 g/mol. The van der Waals surface area contributed by atoms with Gasteiger partial charge in [-0.05, 0) is 47.9 Å². The Hall–Kier alpha value is -0.730. The zero-order valence-corrected chi connectivity index (χ0v) is 11.1. The fourth-order valence-corrected chi connectivity index (χ4v) is 3.02. The summed E-state index contributed by atoms with van der Waals surface area (Å²) in [5, 5.41) is 10.1. The molecular weight excluding hydrogens is 259 g/mol. The lowest BCUT2D eigenvalue weighted by atomic mass is 9.79. The van der Waals surface area contributed by atoms with Crippen LogP contribution in [-0.2, 0) is 17.6 Å². The normalized spacial score (nSPS) is 16.9. The molecule has 0 bridgehead atoms. The average molecular weight is 273 g/mol. The van der Waals surface area contributed by atoms with Crippen molar-refractivity contribution in [2.75, 3.05) is 0 Å². The summed E-state index contributed by atoms with van der Waals surface area (Å²) in [7, 11) is 0. The molecule has 4 heteroatoms. The van der Waals surface area contributed by atoms with Crippen molar-refractivity contribution in [3.05, 3.63) is 33.3 Å². The van der Waals surface area contributed by atoms with Crippen LogP contribution in [0.25, 0.3) is 0 Å². The van der Waals surface area contributed by atoms with Crippen molar-refractivity contribution in [1.29, 1.82) is 0 Å². The molecule has 92 valence electrons. The molecule has 1 N–H and O–H groups in total. The van der Waals surface area contributed by atoms with Crippen LogP contribution in [0.3, 0.4) is 0 Å². The number of carboxylic acid groups (broad SMARTS) is 1. The third-order valence-electron chi connectivity index (χ3n) is 3.65. The van der Waals surface area contributed by atoms with E-state index in [0.29, 0.717) is 10.0 Å². The Kier molecular flexibility index (Phi) is 3.37. The summed E-state index contributed by atoms with van der Waals surface area (Å²) in [6.45, 7) is 2.04. The molecule has 0 radical (unpaired) electrons. The SMILES string of the molecule is CCC1(CC(=O)O)Cc2cc(Cl)c(Cl)cc2C1. The van der Waals surface area contributed by atoms with Crippen LogP contribution in [0.1, 0.15) is 30.9 Å². The van der Waals surface area contributed by atoms with Crippen molar-refractivity contribution in [3.8, 4) is 0 Å². The molecule has 17 heavy (non-hydrogen) atoms. The molecule has 1 aliphatic carbocycles. The van der Waals surface area contributed by atoms with E-state index in [2.05, 4.69) is 0 Å². The fourth-order valence-electron chi connectivity index (χ4n) is 2.65. The predicted molar refractivity (Wildman–Crippen MR) is 68.8 cm³/mol. The number of halogens is 2. The van der Waals surface area contributed by atoms with Crippen molar-refractivity contribution in [2.24, 2.45) is 5.41 Å². The van der Waals surface area contributed by atoms with E-state index in [4.69, 9.17) is 28.3 Å². The maximum atomic E-state index is 11.0. The van der Waals surface area contributed by atoms with E-state index in [1.807, 2.05) is 19.1 Å². The number of hydrogen-bond acceptors (Lipinski definition) is 1. The van der Waals surface area contributed by atoms with Crippen molar-refractivity contribution in [1.82, 2.24) is 0 Å². The second-order valence-corrected chi connectivity index (χ2v) is 5.63. The van der Waals surface area contributed by atoms with Gasteiger partial charge in [-0.3, -0.25) is 4.79 Å². The van der Waals surface area contributed by atoms with E-state index >= 15 is 0 Å². The summed E-state index contributed by atoms with van der Waals surface area (Å²) in [5.74, 6) is -0.739. The minimum absolute atomic E-state index is 0.165. The first kappa shape index (κ1) is 12.7. The van der Waals surface area contributed by atoms with Crippen LogP contribution in [-0.4, -0.2) is 11.1 Å². The molecular formula is C13H14Cl2O2. The summed E-state index contributed by atoms with van der Waals surface area (Å²) in [5.41, 5.74) is 2.12. The molecule has 0 heterocycles. The van der Waals surface area contributed by atoms with Crippen molar-refractivity contribution >= 4 is 29.2 Å². The molecule has 2 rings (SSSR count). The Morgan fingerprint density at radius 3 is 2.12 bits per heavy atom. The van der Waals surface area contributed by atoms with Crippen molar-refractivity contribution < 1.29 is 9.90 Å². The smallest absolute Gasteiger partial charge is 0.303 e. The van der Waals surface area contributed by atoms with Crippen LogP contribution >= 0.6 is 23.2 Å². The van der Waals surface area contributed by atoms with Gasteiger partial charge >= 0.3 is 5.97 Å². The van der Waals surface area contributed by atoms with Crippen molar-refractivity contribution in [3.63, 3.8) is 0 Å². The molecule has 0 amide bonds. The molecule has 0 unspecified atom stereocenters. The minimum Gasteiger partial charge on any atom is -0.481 e. The molecule has 1 aromatic carbocycles. The summed E-state index contributed by atoms with van der Waals surface area (Å²) < 4.78 is 0. The Bertz CT molecular complexity index is 438. The molecule has 0 saturated carbocycles. The van der Waals surface area contributed by atoms with Crippen LogP contribution in [0.15, 0.2) is 12.1 Å². The van der Waals surface area contributed by atoms with Crippen LogP contribution in [0, 0.1) is 5.41 Å². The lowest BCUT2D eigenvalue weighted by Crippen LogP contribution is -2.24. The quantitative estimate of drug-likeness (QED) is 0.904. The standard InChI is InChI=1S/C13H14Cl2O2/c1-2-13(7-12(16)17)5-8-3-10(14)11(15)4-9(8)6-13/h3-4H,2,5-7H2,1H3,(H,16,17). The molecule has 1 aliphatic rings. The highest BCUT2D eigenvalue weighted by atomic mass is 35.5. The topological polar surface area (TPSA) is 37.3 Å². The average Bonchev–Trinajstić information content (AvgIpc) is 2.56. The van der Waals surface area contributed by atoms with E-state index in [0.717, 1.165) is 30.4 Å². The van der Waals surface area contributed by atoms with Gasteiger partial charge in [0, 0.05) is 0 Å². The summed E-state index contributed by atoms with van der Waals surface area (Å²) in [4.78, 5) is 11.0. The van der Waals surface area contributed by atoms with Crippen LogP contribution in [0.4, 0.5) is 0 Å². The van der Waals surface area contributed by atoms with Crippen LogP contribution in [0.2, 0.25) is 10.0 Å². The molecule has 0 atom stereocenters. The summed E-state index contributed by atoms with van der Waals surface area (Å²) in [6, 6.07) is 3.75. The highest BCUT2D eigenvalue weighted by molar-refractivity contribution is 6.42. The van der Waals surface area contributed by atoms with E-state index < -0.39 is 5.97 Å². The molecule has 2 nitrogen and oxygen atoms in total. The molecule has 0 fully saturated rings. The number of rotatable bonds is 3. The van der Waals surface area contributed by atoms with Crippen LogP contribution in [0.5, 0.6) is 0 Å². The molecule has 0 saturated heterocycles. The van der Waals surface area contributed by atoms with Gasteiger partial charge in [0.25, 0.3) is 0 Å². The zero-order chi connectivity index (χ0) is 12.6. The number of benzene rings is 1. The number of carboxylic acids is 1. The first-order valence-corrected chi connectivity index (χ1v) is 6.40. The Balaban J connectivity index is 2.33. The number of aliphatic carboxylic acids is 1. The first-order valence-electron chi connectivity index (χ1n) is 5.64. The van der Waals surface area contributed by atoms with Gasteiger partial charge in [-0.15, -0.1) is 0 Å². The van der Waals surface area contributed by atoms with E-state index in [1.54, 1.807) is 0 Å². The second-order valence-electron chi connectivity index (χ2n) is 4.81. The van der Waals surface area contributed by atoms with Crippen molar-refractivity contribution in [2.45, 2.75) is 32.6 Å². The third kappa shape index (κ3) is 2.43. The van der Waals surface area contributed by atoms with Gasteiger partial charge in [-0.25, -0.2) is 0 Å². The number of hydrogen-bond donors (Lipinski definition) is 1. The van der Waals surface area contributed by atoms with E-state index in [1.165, 1.54) is 0 Å². The minimum atomic E-state index is -0.739. The maximum absolute atomic E-state index is 11.0. The van der Waals surface area contributed by atoms with Gasteiger partial charge in [-0.1, -0.05) is 30.1 Å². The fraction of sp³-hybridized carbons (Fsp3) is 0.462. The molecule has 0 spiro atoms. The zero-order valence-electron chi connectivity index (χ0n) is 9.59. The highest BCUT2D eigenvalue weighted by Crippen LogP contribution is 2.44. The largest absolute Gasteiger partial charge is 0.481 e. The Morgan fingerprint density at radius 1 is 1.29 bits per heavy atom. The lowest BCUT2D eigenvalue weighted by molar-refractivity contribution is -0.139. The first-order chi connectivity index (χ1) is 7.96. The van der Waals surface area contributed by atoms with Gasteiger partial charge in [-0.2, -0.15) is 0 Å². The predicted octanol–water partition coefficient (Wildman–Crippen LogP) is 3.96. The molecule has 0 aromatic heterocycles. The maximum Gasteiger partial charge on any atom is 0.303 e. The van der Waals surface area contributed by atoms with Gasteiger partial charge in [0.05, 0.1) is 16.5 Å². The Morgan fingerprint density at radius 2 is 1.76 bits per heavy atom. The summed E-state index contributed by atoms with van der Waals surface area (Å²) >= 11 is 12.0. The van der Waals surface area contributed by atoms with Gasteiger partial charge in [0.15, 0.2) is 0 Å². The summed E-state index contributed by atoms with van der Waals surface area (Å²) in [6.07, 6.45) is 2.61.